The van der Waals surface area contributed by atoms with Crippen LogP contribution in [-0.2, 0) is 0 Å². The molecule has 9 aromatic rings. The van der Waals surface area contributed by atoms with Crippen molar-refractivity contribution in [3.8, 4) is 22.3 Å². The van der Waals surface area contributed by atoms with Crippen LogP contribution < -0.4 is 4.90 Å². The lowest BCUT2D eigenvalue weighted by molar-refractivity contribution is 1.29. The first-order chi connectivity index (χ1) is 25.7. The van der Waals surface area contributed by atoms with Crippen LogP contribution >= 0.6 is 11.3 Å². The van der Waals surface area contributed by atoms with Crippen LogP contribution in [0.5, 0.6) is 0 Å². The Kier molecular flexibility index (Phi) is 4.88. The average Bonchev–Trinajstić information content (AvgIpc) is 3.57. The molecule has 0 atom stereocenters. The summed E-state index contributed by atoms with van der Waals surface area (Å²) in [5.74, 6) is 0. The second kappa shape index (κ2) is 11.0. The van der Waals surface area contributed by atoms with Crippen LogP contribution in [0, 0.1) is 0 Å². The van der Waals surface area contributed by atoms with Crippen LogP contribution in [0.15, 0.2) is 176 Å². The molecule has 1 heterocycles. The fourth-order valence-electron chi connectivity index (χ4n) is 6.28. The zero-order valence-corrected chi connectivity index (χ0v) is 25.4. The van der Waals surface area contributed by atoms with Gasteiger partial charge in [-0.15, -0.1) is 11.3 Å². The standard InChI is InChI=1S/C44H29NS/c1-2-13-37(14-3-1)45(38-23-21-32(22-24-38)35-19-17-30-9-4-6-11-33(30)27-35)39-25-26-42-41(29-39)44-40(15-8-16-43(44)46-42)36-20-18-31-10-5-7-12-34(31)28-36/h1-29H/i4D,6D,9D,11D,17D,19D,27D. The van der Waals surface area contributed by atoms with Gasteiger partial charge < -0.3 is 4.90 Å². The number of nitrogens with zero attached hydrogens (tertiary/aromatic N) is 1. The van der Waals surface area contributed by atoms with E-state index in [1.165, 1.54) is 31.1 Å². The minimum atomic E-state index is -0.480. The summed E-state index contributed by atoms with van der Waals surface area (Å²) in [5, 5.41) is 4.60. The van der Waals surface area contributed by atoms with Gasteiger partial charge in [-0.2, -0.15) is 0 Å². The molecule has 0 aliphatic carbocycles. The van der Waals surface area contributed by atoms with Crippen molar-refractivity contribution in [2.24, 2.45) is 0 Å². The Bertz CT molecular complexity index is 2920. The van der Waals surface area contributed by atoms with Crippen LogP contribution in [0.25, 0.3) is 64.0 Å². The maximum atomic E-state index is 9.01. The van der Waals surface area contributed by atoms with Gasteiger partial charge >= 0.3 is 0 Å². The van der Waals surface area contributed by atoms with Gasteiger partial charge in [0.2, 0.25) is 0 Å². The number of para-hydroxylation sites is 1. The second-order valence-corrected chi connectivity index (χ2v) is 12.3. The van der Waals surface area contributed by atoms with Gasteiger partial charge in [-0.1, -0.05) is 115 Å². The molecule has 0 fully saturated rings. The smallest absolute Gasteiger partial charge is 0.0636 e. The largest absolute Gasteiger partial charge is 0.310 e. The Hall–Kier alpha value is -5.70. The number of rotatable bonds is 5. The second-order valence-electron chi connectivity index (χ2n) is 11.2. The molecule has 0 unspecified atom stereocenters. The van der Waals surface area contributed by atoms with E-state index in [-0.39, 0.29) is 40.5 Å². The molecule has 0 saturated carbocycles. The number of anilines is 3. The van der Waals surface area contributed by atoms with Crippen molar-refractivity contribution < 1.29 is 9.60 Å². The van der Waals surface area contributed by atoms with Gasteiger partial charge in [-0.3, -0.25) is 0 Å². The van der Waals surface area contributed by atoms with Gasteiger partial charge in [0.05, 0.1) is 9.60 Å². The fraction of sp³-hybridized carbons (Fsp3) is 0. The number of fused-ring (bicyclic) bond motifs is 5. The molecular formula is C44H29NS. The Morgan fingerprint density at radius 2 is 1.20 bits per heavy atom. The van der Waals surface area contributed by atoms with Crippen molar-refractivity contribution in [3.63, 3.8) is 0 Å². The topological polar surface area (TPSA) is 3.24 Å². The van der Waals surface area contributed by atoms with E-state index in [1.54, 1.807) is 11.3 Å². The SMILES string of the molecule is [2H]c1c([2H])c([2H])c2c([2H])c(-c3ccc(N(c4ccccc4)c4ccc5sc6cccc(-c7ccc8ccccc8c7)c6c5c4)cc3)c([2H])c([2H])c2c1[2H]. The van der Waals surface area contributed by atoms with E-state index in [1.807, 2.05) is 42.5 Å². The van der Waals surface area contributed by atoms with Crippen LogP contribution in [0.1, 0.15) is 9.60 Å². The molecule has 9 rings (SSSR count). The van der Waals surface area contributed by atoms with Crippen LogP contribution in [-0.4, -0.2) is 0 Å². The lowest BCUT2D eigenvalue weighted by Gasteiger charge is -2.26. The zero-order valence-electron chi connectivity index (χ0n) is 31.6. The average molecular weight is 611 g/mol. The summed E-state index contributed by atoms with van der Waals surface area (Å²) in [6.45, 7) is 0. The summed E-state index contributed by atoms with van der Waals surface area (Å²) in [6.07, 6.45) is 0. The first-order valence-electron chi connectivity index (χ1n) is 18.6. The minimum Gasteiger partial charge on any atom is -0.310 e. The highest BCUT2D eigenvalue weighted by Crippen LogP contribution is 2.44. The van der Waals surface area contributed by atoms with E-state index in [9.17, 15) is 0 Å². The quantitative estimate of drug-likeness (QED) is 0.187. The predicted octanol–water partition coefficient (Wildman–Crippen LogP) is 13.2. The van der Waals surface area contributed by atoms with Gasteiger partial charge in [-0.25, -0.2) is 0 Å². The molecule has 0 radical (unpaired) electrons. The summed E-state index contributed by atoms with van der Waals surface area (Å²) in [4.78, 5) is 2.17. The molecule has 46 heavy (non-hydrogen) atoms. The molecule has 1 aromatic heterocycles. The molecule has 0 bridgehead atoms. The van der Waals surface area contributed by atoms with E-state index < -0.39 is 18.1 Å². The Morgan fingerprint density at radius 3 is 2.07 bits per heavy atom. The maximum Gasteiger partial charge on any atom is 0.0636 e. The molecule has 0 saturated heterocycles. The summed E-state index contributed by atoms with van der Waals surface area (Å²) in [5.41, 5.74) is 5.77. The van der Waals surface area contributed by atoms with Crippen molar-refractivity contribution in [2.45, 2.75) is 0 Å². The summed E-state index contributed by atoms with van der Waals surface area (Å²) in [7, 11) is 0. The van der Waals surface area contributed by atoms with E-state index in [0.717, 1.165) is 28.0 Å². The highest BCUT2D eigenvalue weighted by atomic mass is 32.1. The third kappa shape index (κ3) is 4.63. The number of hydrogen-bond acceptors (Lipinski definition) is 2. The Morgan fingerprint density at radius 1 is 0.457 bits per heavy atom. The molecule has 0 aliphatic heterocycles. The molecule has 1 nitrogen and oxygen atoms in total. The van der Waals surface area contributed by atoms with Crippen LogP contribution in [0.3, 0.4) is 0 Å². The summed E-state index contributed by atoms with van der Waals surface area (Å²) >= 11 is 1.78. The maximum absolute atomic E-state index is 9.01. The van der Waals surface area contributed by atoms with Gasteiger partial charge in [0.1, 0.15) is 0 Å². The molecule has 8 aromatic carbocycles. The zero-order chi connectivity index (χ0) is 36.5. The van der Waals surface area contributed by atoms with E-state index in [4.69, 9.17) is 9.60 Å². The first-order valence-corrected chi connectivity index (χ1v) is 15.9. The van der Waals surface area contributed by atoms with Crippen molar-refractivity contribution in [3.05, 3.63) is 176 Å². The molecule has 0 amide bonds. The first kappa shape index (κ1) is 20.4. The molecular weight excluding hydrogens is 575 g/mol. The minimum absolute atomic E-state index is 0.0543. The summed E-state index contributed by atoms with van der Waals surface area (Å²) in [6, 6.07) is 43.1. The molecule has 0 spiro atoms. The highest BCUT2D eigenvalue weighted by molar-refractivity contribution is 7.26. The molecule has 216 valence electrons. The Balaban J connectivity index is 1.19. The van der Waals surface area contributed by atoms with Crippen molar-refractivity contribution in [1.82, 2.24) is 0 Å². The molecule has 0 aliphatic rings. The summed E-state index contributed by atoms with van der Waals surface area (Å²) < 4.78 is 62.1. The van der Waals surface area contributed by atoms with E-state index >= 15 is 0 Å². The fourth-order valence-corrected chi connectivity index (χ4v) is 7.39. The monoisotopic (exact) mass is 610 g/mol. The third-order valence-electron chi connectivity index (χ3n) is 8.48. The molecule has 0 N–H and O–H groups in total. The van der Waals surface area contributed by atoms with Gasteiger partial charge in [0.15, 0.2) is 0 Å². The molecule has 2 heteroatoms. The number of hydrogen-bond donors (Lipinski definition) is 0. The van der Waals surface area contributed by atoms with E-state index in [2.05, 4.69) is 95.9 Å². The van der Waals surface area contributed by atoms with Gasteiger partial charge in [0.25, 0.3) is 0 Å². The normalized spacial score (nSPS) is 13.6. The highest BCUT2D eigenvalue weighted by Gasteiger charge is 2.17. The van der Waals surface area contributed by atoms with Crippen molar-refractivity contribution in [1.29, 1.82) is 0 Å². The van der Waals surface area contributed by atoms with Crippen molar-refractivity contribution in [2.75, 3.05) is 4.90 Å². The van der Waals surface area contributed by atoms with Crippen LogP contribution in [0.4, 0.5) is 17.1 Å². The van der Waals surface area contributed by atoms with Crippen LogP contribution in [0.2, 0.25) is 0 Å². The van der Waals surface area contributed by atoms with E-state index in [0.29, 0.717) is 5.56 Å². The number of thiophene rings is 1. The lowest BCUT2D eigenvalue weighted by atomic mass is 9.97. The van der Waals surface area contributed by atoms with Gasteiger partial charge in [-0.05, 0) is 104 Å². The van der Waals surface area contributed by atoms with Crippen molar-refractivity contribution >= 4 is 70.1 Å². The third-order valence-corrected chi connectivity index (χ3v) is 9.61. The van der Waals surface area contributed by atoms with Gasteiger partial charge in [0, 0.05) is 37.2 Å². The Labute approximate surface area is 282 Å². The predicted molar refractivity (Wildman–Crippen MR) is 200 cm³/mol. The number of benzene rings is 8. The lowest BCUT2D eigenvalue weighted by Crippen LogP contribution is -2.09.